The van der Waals surface area contributed by atoms with Crippen LogP contribution >= 0.6 is 23.7 Å². The number of aryl methyl sites for hydroxylation is 1. The average Bonchev–Trinajstić information content (AvgIpc) is 2.94. The molecular formula is C15H18ClN3OS. The van der Waals surface area contributed by atoms with E-state index in [9.17, 15) is 4.79 Å². The van der Waals surface area contributed by atoms with Crippen molar-refractivity contribution in [2.24, 2.45) is 0 Å². The Morgan fingerprint density at radius 3 is 2.95 bits per heavy atom. The van der Waals surface area contributed by atoms with E-state index in [4.69, 9.17) is 0 Å². The summed E-state index contributed by atoms with van der Waals surface area (Å²) in [6, 6.07) is 7.93. The molecule has 1 unspecified atom stereocenters. The van der Waals surface area contributed by atoms with E-state index in [1.54, 1.807) is 17.5 Å². The normalized spacial score (nSPS) is 18.1. The summed E-state index contributed by atoms with van der Waals surface area (Å²) < 4.78 is 0. The zero-order valence-corrected chi connectivity index (χ0v) is 13.4. The standard InChI is InChI=1S/C15H17N3OS.ClH/c1-11-4-5-14(20-11)15(19)18-8-7-17-10-13(18)12-3-2-6-16-9-12;/h2-6,9,13,17H,7-8,10H2,1H3;1H. The zero-order chi connectivity index (χ0) is 13.9. The Bertz CT molecular complexity index is 602. The van der Waals surface area contributed by atoms with Crippen LogP contribution in [-0.2, 0) is 0 Å². The Morgan fingerprint density at radius 2 is 2.29 bits per heavy atom. The van der Waals surface area contributed by atoms with Gasteiger partial charge in [0.15, 0.2) is 0 Å². The maximum absolute atomic E-state index is 12.7. The number of piperazine rings is 1. The highest BCUT2D eigenvalue weighted by Crippen LogP contribution is 2.26. The van der Waals surface area contributed by atoms with Gasteiger partial charge in [0.2, 0.25) is 0 Å². The zero-order valence-electron chi connectivity index (χ0n) is 11.8. The molecule has 1 aliphatic heterocycles. The second kappa shape index (κ2) is 7.02. The average molecular weight is 324 g/mol. The number of nitrogens with one attached hydrogen (secondary N) is 1. The van der Waals surface area contributed by atoms with Crippen molar-refractivity contribution in [1.29, 1.82) is 0 Å². The predicted molar refractivity (Wildman–Crippen MR) is 87.2 cm³/mol. The second-order valence-corrected chi connectivity index (χ2v) is 6.20. The highest BCUT2D eigenvalue weighted by molar-refractivity contribution is 7.13. The molecule has 0 bridgehead atoms. The molecule has 2 aromatic heterocycles. The first-order valence-electron chi connectivity index (χ1n) is 6.74. The second-order valence-electron chi connectivity index (χ2n) is 4.92. The van der Waals surface area contributed by atoms with Crippen LogP contribution in [0, 0.1) is 6.92 Å². The van der Waals surface area contributed by atoms with Crippen molar-refractivity contribution in [2.45, 2.75) is 13.0 Å². The first kappa shape index (κ1) is 15.9. The maximum Gasteiger partial charge on any atom is 0.264 e. The highest BCUT2D eigenvalue weighted by Gasteiger charge is 2.29. The Hall–Kier alpha value is -1.43. The summed E-state index contributed by atoms with van der Waals surface area (Å²) in [5, 5.41) is 3.36. The maximum atomic E-state index is 12.7. The third kappa shape index (κ3) is 3.43. The molecule has 0 radical (unpaired) electrons. The lowest BCUT2D eigenvalue weighted by molar-refractivity contribution is 0.0639. The van der Waals surface area contributed by atoms with E-state index >= 15 is 0 Å². The summed E-state index contributed by atoms with van der Waals surface area (Å²) in [5.74, 6) is 0.124. The number of nitrogens with zero attached hydrogens (tertiary/aromatic N) is 2. The van der Waals surface area contributed by atoms with Gasteiger partial charge in [0.05, 0.1) is 10.9 Å². The quantitative estimate of drug-likeness (QED) is 0.924. The third-order valence-electron chi connectivity index (χ3n) is 3.52. The van der Waals surface area contributed by atoms with Gasteiger partial charge in [0.25, 0.3) is 5.91 Å². The number of hydrogen-bond acceptors (Lipinski definition) is 4. The van der Waals surface area contributed by atoms with E-state index in [2.05, 4.69) is 10.3 Å². The van der Waals surface area contributed by atoms with Crippen molar-refractivity contribution < 1.29 is 4.79 Å². The molecule has 0 spiro atoms. The molecule has 1 amide bonds. The van der Waals surface area contributed by atoms with E-state index in [1.165, 1.54) is 4.88 Å². The van der Waals surface area contributed by atoms with Crippen LogP contribution in [0.5, 0.6) is 0 Å². The molecule has 0 aromatic carbocycles. The summed E-state index contributed by atoms with van der Waals surface area (Å²) in [5.41, 5.74) is 1.08. The number of amides is 1. The van der Waals surface area contributed by atoms with Gasteiger partial charge in [0, 0.05) is 36.9 Å². The molecule has 3 rings (SSSR count). The SMILES string of the molecule is Cc1ccc(C(=O)N2CCNCC2c2cccnc2)s1.Cl. The van der Waals surface area contributed by atoms with Crippen LogP contribution in [0.4, 0.5) is 0 Å². The molecule has 1 fully saturated rings. The van der Waals surface area contributed by atoms with Crippen molar-refractivity contribution >= 4 is 29.7 Å². The lowest BCUT2D eigenvalue weighted by Gasteiger charge is -2.36. The van der Waals surface area contributed by atoms with Crippen LogP contribution in [0.15, 0.2) is 36.7 Å². The van der Waals surface area contributed by atoms with Crippen molar-refractivity contribution in [3.63, 3.8) is 0 Å². The van der Waals surface area contributed by atoms with Crippen molar-refractivity contribution in [2.75, 3.05) is 19.6 Å². The molecule has 21 heavy (non-hydrogen) atoms. The van der Waals surface area contributed by atoms with Crippen LogP contribution in [0.3, 0.4) is 0 Å². The number of pyridine rings is 1. The Labute approximate surface area is 134 Å². The first-order valence-corrected chi connectivity index (χ1v) is 7.55. The molecule has 3 heterocycles. The van der Waals surface area contributed by atoms with Crippen molar-refractivity contribution in [3.8, 4) is 0 Å². The van der Waals surface area contributed by atoms with E-state index in [-0.39, 0.29) is 24.4 Å². The van der Waals surface area contributed by atoms with Crippen LogP contribution in [-0.4, -0.2) is 35.4 Å². The van der Waals surface area contributed by atoms with Gasteiger partial charge in [-0.25, -0.2) is 0 Å². The first-order chi connectivity index (χ1) is 9.75. The molecule has 2 aromatic rings. The predicted octanol–water partition coefficient (Wildman–Crippen LogP) is 2.66. The molecule has 1 saturated heterocycles. The van der Waals surface area contributed by atoms with Crippen LogP contribution < -0.4 is 5.32 Å². The van der Waals surface area contributed by atoms with Gasteiger partial charge >= 0.3 is 0 Å². The van der Waals surface area contributed by atoms with E-state index in [1.807, 2.05) is 42.3 Å². The van der Waals surface area contributed by atoms with Gasteiger partial charge in [-0.15, -0.1) is 23.7 Å². The van der Waals surface area contributed by atoms with Gasteiger partial charge in [-0.2, -0.15) is 0 Å². The van der Waals surface area contributed by atoms with E-state index in [0.29, 0.717) is 0 Å². The summed E-state index contributed by atoms with van der Waals surface area (Å²) in [6.45, 7) is 4.38. The summed E-state index contributed by atoms with van der Waals surface area (Å²) in [7, 11) is 0. The van der Waals surface area contributed by atoms with Gasteiger partial charge < -0.3 is 10.2 Å². The fourth-order valence-electron chi connectivity index (χ4n) is 2.51. The smallest absolute Gasteiger partial charge is 0.264 e. The fourth-order valence-corrected chi connectivity index (χ4v) is 3.33. The Morgan fingerprint density at radius 1 is 1.43 bits per heavy atom. The Kier molecular flexibility index (Phi) is 5.33. The van der Waals surface area contributed by atoms with E-state index < -0.39 is 0 Å². The highest BCUT2D eigenvalue weighted by atomic mass is 35.5. The number of carbonyl (C=O) groups is 1. The topological polar surface area (TPSA) is 45.2 Å². The summed E-state index contributed by atoms with van der Waals surface area (Å²) >= 11 is 1.56. The fraction of sp³-hybridized carbons (Fsp3) is 0.333. The molecule has 4 nitrogen and oxygen atoms in total. The number of halogens is 1. The minimum absolute atomic E-state index is 0. The van der Waals surface area contributed by atoms with Crippen LogP contribution in [0.2, 0.25) is 0 Å². The van der Waals surface area contributed by atoms with Gasteiger partial charge in [-0.05, 0) is 30.7 Å². The number of thiophene rings is 1. The van der Waals surface area contributed by atoms with Crippen molar-refractivity contribution in [3.05, 3.63) is 52.0 Å². The molecule has 112 valence electrons. The number of hydrogen-bond donors (Lipinski definition) is 1. The van der Waals surface area contributed by atoms with Crippen molar-refractivity contribution in [1.82, 2.24) is 15.2 Å². The lowest BCUT2D eigenvalue weighted by atomic mass is 10.1. The Balaban J connectivity index is 0.00000161. The van der Waals surface area contributed by atoms with Gasteiger partial charge in [0.1, 0.15) is 0 Å². The molecule has 0 aliphatic carbocycles. The van der Waals surface area contributed by atoms with Crippen LogP contribution in [0.1, 0.15) is 26.2 Å². The number of carbonyl (C=O) groups excluding carboxylic acids is 1. The largest absolute Gasteiger partial charge is 0.328 e. The summed E-state index contributed by atoms with van der Waals surface area (Å²) in [4.78, 5) is 20.8. The monoisotopic (exact) mass is 323 g/mol. The van der Waals surface area contributed by atoms with Crippen LogP contribution in [0.25, 0.3) is 0 Å². The molecule has 1 N–H and O–H groups in total. The van der Waals surface area contributed by atoms with Gasteiger partial charge in [-0.3, -0.25) is 9.78 Å². The minimum atomic E-state index is 0. The molecule has 6 heteroatoms. The minimum Gasteiger partial charge on any atom is -0.328 e. The number of aromatic nitrogens is 1. The molecular weight excluding hydrogens is 306 g/mol. The molecule has 1 atom stereocenters. The lowest BCUT2D eigenvalue weighted by Crippen LogP contribution is -2.48. The molecule has 0 saturated carbocycles. The summed E-state index contributed by atoms with van der Waals surface area (Å²) in [6.07, 6.45) is 3.60. The number of rotatable bonds is 2. The molecule has 1 aliphatic rings. The van der Waals surface area contributed by atoms with Gasteiger partial charge in [-0.1, -0.05) is 6.07 Å². The third-order valence-corrected chi connectivity index (χ3v) is 4.51. The van der Waals surface area contributed by atoms with E-state index in [0.717, 1.165) is 30.1 Å².